The second-order valence-corrected chi connectivity index (χ2v) is 11.3. The Kier molecular flexibility index (Phi) is 6.14. The summed E-state index contributed by atoms with van der Waals surface area (Å²) < 4.78 is 87.0. The smallest absolute Gasteiger partial charge is 0.416 e. The van der Waals surface area contributed by atoms with Crippen LogP contribution in [0.15, 0.2) is 59.6 Å². The van der Waals surface area contributed by atoms with E-state index in [0.29, 0.717) is 18.5 Å². The van der Waals surface area contributed by atoms with Crippen molar-refractivity contribution in [3.63, 3.8) is 0 Å². The largest absolute Gasteiger partial charge is 0.469 e. The minimum absolute atomic E-state index is 0.0901. The molecule has 1 aliphatic carbocycles. The van der Waals surface area contributed by atoms with Gasteiger partial charge in [0, 0.05) is 18.8 Å². The Morgan fingerprint density at radius 1 is 1.11 bits per heavy atom. The average molecular weight is 538 g/mol. The fourth-order valence-corrected chi connectivity index (χ4v) is 6.95. The summed E-state index contributed by atoms with van der Waals surface area (Å²) in [4.78, 5) is 12.9. The second kappa shape index (κ2) is 8.95. The van der Waals surface area contributed by atoms with Crippen molar-refractivity contribution in [1.29, 1.82) is 0 Å². The number of rotatable bonds is 4. The zero-order valence-electron chi connectivity index (χ0n) is 19.7. The van der Waals surface area contributed by atoms with E-state index in [-0.39, 0.29) is 36.1 Å². The second-order valence-electron chi connectivity index (χ2n) is 9.38. The standard InChI is InChI=1S/C25H23F4N3O4S/c1-36-23(33)24-13-16-14-30-32(20-6-4-19(26)5-7-20)22(16)12-18(24)10-11-31(15-24)37(34,35)21-8-2-17(3-9-21)25(27,28)29/h2-9,14,18H,10-13,15H2,1H3/t18-,24-/m0/s1. The van der Waals surface area contributed by atoms with E-state index in [1.165, 1.54) is 19.2 Å². The Balaban J connectivity index is 1.48. The fraction of sp³-hybridized carbons (Fsp3) is 0.360. The first-order valence-corrected chi connectivity index (χ1v) is 13.0. The van der Waals surface area contributed by atoms with Crippen LogP contribution in [-0.4, -0.2) is 48.7 Å². The van der Waals surface area contributed by atoms with Gasteiger partial charge >= 0.3 is 12.1 Å². The third-order valence-electron chi connectivity index (χ3n) is 7.35. The Bertz CT molecular complexity index is 1440. The molecule has 5 rings (SSSR count). The first kappa shape index (κ1) is 25.4. The molecule has 0 saturated carbocycles. The molecule has 3 aromatic rings. The van der Waals surface area contributed by atoms with Crippen molar-refractivity contribution in [1.82, 2.24) is 14.1 Å². The molecule has 0 bridgehead atoms. The number of nitrogens with zero attached hydrogens (tertiary/aromatic N) is 3. The van der Waals surface area contributed by atoms with E-state index >= 15 is 0 Å². The maximum atomic E-state index is 13.4. The SMILES string of the molecule is COC(=O)[C@]12Cc3cnn(-c4ccc(F)cc4)c3C[C@@H]1CCN(S(=O)(=O)c1ccc(C(F)(F)F)cc1)C2. The fourth-order valence-electron chi connectivity index (χ4n) is 5.42. The first-order chi connectivity index (χ1) is 17.5. The van der Waals surface area contributed by atoms with Crippen LogP contribution in [0.2, 0.25) is 0 Å². The number of hydrogen-bond donors (Lipinski definition) is 0. The van der Waals surface area contributed by atoms with E-state index in [2.05, 4.69) is 5.10 Å². The van der Waals surface area contributed by atoms with Crippen molar-refractivity contribution in [2.75, 3.05) is 20.2 Å². The number of alkyl halides is 3. The quantitative estimate of drug-likeness (QED) is 0.371. The predicted octanol–water partition coefficient (Wildman–Crippen LogP) is 4.00. The molecule has 2 aromatic carbocycles. The summed E-state index contributed by atoms with van der Waals surface area (Å²) in [5, 5.41) is 4.43. The van der Waals surface area contributed by atoms with Crippen LogP contribution >= 0.6 is 0 Å². The van der Waals surface area contributed by atoms with Crippen LogP contribution in [0, 0.1) is 17.2 Å². The number of sulfonamides is 1. The van der Waals surface area contributed by atoms with Crippen LogP contribution in [0.25, 0.3) is 5.69 Å². The molecule has 0 spiro atoms. The Morgan fingerprint density at radius 2 is 1.78 bits per heavy atom. The lowest BCUT2D eigenvalue weighted by Gasteiger charge is -2.48. The highest BCUT2D eigenvalue weighted by molar-refractivity contribution is 7.89. The number of hydrogen-bond acceptors (Lipinski definition) is 5. The van der Waals surface area contributed by atoms with Gasteiger partial charge < -0.3 is 4.74 Å². The molecule has 196 valence electrons. The average Bonchev–Trinajstić information content (AvgIpc) is 3.28. The van der Waals surface area contributed by atoms with Crippen molar-refractivity contribution in [3.8, 4) is 5.69 Å². The molecule has 1 aliphatic heterocycles. The van der Waals surface area contributed by atoms with Crippen LogP contribution in [0.1, 0.15) is 23.2 Å². The number of aromatic nitrogens is 2. The number of piperidine rings is 1. The summed E-state index contributed by atoms with van der Waals surface area (Å²) in [6.45, 7) is -0.0817. The van der Waals surface area contributed by atoms with Gasteiger partial charge in [0.05, 0.1) is 34.9 Å². The molecule has 2 atom stereocenters. The van der Waals surface area contributed by atoms with E-state index in [9.17, 15) is 30.8 Å². The van der Waals surface area contributed by atoms with E-state index in [1.807, 2.05) is 0 Å². The Hall–Kier alpha value is -3.25. The van der Waals surface area contributed by atoms with Crippen LogP contribution in [-0.2, 0) is 38.6 Å². The molecule has 0 radical (unpaired) electrons. The summed E-state index contributed by atoms with van der Waals surface area (Å²) >= 11 is 0. The number of ether oxygens (including phenoxy) is 1. The van der Waals surface area contributed by atoms with Gasteiger partial charge in [0.15, 0.2) is 0 Å². The molecule has 1 saturated heterocycles. The molecule has 2 aliphatic rings. The predicted molar refractivity (Wildman–Crippen MR) is 124 cm³/mol. The lowest BCUT2D eigenvalue weighted by Crippen LogP contribution is -2.58. The Morgan fingerprint density at radius 3 is 2.41 bits per heavy atom. The van der Waals surface area contributed by atoms with Crippen LogP contribution in [0.3, 0.4) is 0 Å². The number of methoxy groups -OCH3 is 1. The van der Waals surface area contributed by atoms with Crippen molar-refractivity contribution in [3.05, 3.63) is 77.4 Å². The highest BCUT2D eigenvalue weighted by atomic mass is 32.2. The number of halogens is 4. The molecule has 2 heterocycles. The molecule has 12 heteroatoms. The van der Waals surface area contributed by atoms with Crippen LogP contribution in [0.5, 0.6) is 0 Å². The minimum atomic E-state index is -4.59. The lowest BCUT2D eigenvalue weighted by molar-refractivity contribution is -0.160. The van der Waals surface area contributed by atoms with Crippen molar-refractivity contribution < 1.29 is 35.5 Å². The highest BCUT2D eigenvalue weighted by Gasteiger charge is 2.55. The van der Waals surface area contributed by atoms with E-state index < -0.39 is 33.1 Å². The molecule has 37 heavy (non-hydrogen) atoms. The van der Waals surface area contributed by atoms with Crippen LogP contribution in [0.4, 0.5) is 17.6 Å². The van der Waals surface area contributed by atoms with Gasteiger partial charge in [0.25, 0.3) is 0 Å². The van der Waals surface area contributed by atoms with Gasteiger partial charge in [-0.15, -0.1) is 0 Å². The summed E-state index contributed by atoms with van der Waals surface area (Å²) in [5.74, 6) is -1.19. The van der Waals surface area contributed by atoms with Gasteiger partial charge in [-0.25, -0.2) is 17.5 Å². The normalized spacial score (nSPS) is 22.2. The molecule has 0 amide bonds. The van der Waals surface area contributed by atoms with Crippen molar-refractivity contribution >= 4 is 16.0 Å². The maximum absolute atomic E-state index is 13.4. The first-order valence-electron chi connectivity index (χ1n) is 11.5. The van der Waals surface area contributed by atoms with Gasteiger partial charge in [0.2, 0.25) is 10.0 Å². The molecular formula is C25H23F4N3O4S. The van der Waals surface area contributed by atoms with Crippen molar-refractivity contribution in [2.24, 2.45) is 11.3 Å². The van der Waals surface area contributed by atoms with Crippen molar-refractivity contribution in [2.45, 2.75) is 30.3 Å². The zero-order valence-corrected chi connectivity index (χ0v) is 20.5. The van der Waals surface area contributed by atoms with Gasteiger partial charge in [-0.05, 0) is 79.3 Å². The topological polar surface area (TPSA) is 81.5 Å². The van der Waals surface area contributed by atoms with Gasteiger partial charge in [-0.3, -0.25) is 4.79 Å². The molecule has 0 unspecified atom stereocenters. The maximum Gasteiger partial charge on any atom is 0.416 e. The minimum Gasteiger partial charge on any atom is -0.469 e. The third kappa shape index (κ3) is 4.31. The zero-order chi connectivity index (χ0) is 26.6. The number of esters is 1. The monoisotopic (exact) mass is 537 g/mol. The highest BCUT2D eigenvalue weighted by Crippen LogP contribution is 2.47. The van der Waals surface area contributed by atoms with Crippen LogP contribution < -0.4 is 0 Å². The number of carbonyl (C=O) groups excluding carboxylic acids is 1. The van der Waals surface area contributed by atoms with Gasteiger partial charge in [-0.1, -0.05) is 0 Å². The number of fused-ring (bicyclic) bond motifs is 2. The molecule has 7 nitrogen and oxygen atoms in total. The number of benzene rings is 2. The Labute approximate surface area is 210 Å². The lowest BCUT2D eigenvalue weighted by atomic mass is 9.63. The molecule has 1 aromatic heterocycles. The summed E-state index contributed by atoms with van der Waals surface area (Å²) in [7, 11) is -2.93. The van der Waals surface area contributed by atoms with E-state index in [0.717, 1.165) is 39.8 Å². The summed E-state index contributed by atoms with van der Waals surface area (Å²) in [6, 6.07) is 9.18. The van der Waals surface area contributed by atoms with Gasteiger partial charge in [-0.2, -0.15) is 22.6 Å². The van der Waals surface area contributed by atoms with Gasteiger partial charge in [0.1, 0.15) is 5.82 Å². The summed E-state index contributed by atoms with van der Waals surface area (Å²) in [5.41, 5.74) is 0.134. The molecule has 1 fully saturated rings. The molecular weight excluding hydrogens is 514 g/mol. The third-order valence-corrected chi connectivity index (χ3v) is 9.21. The summed E-state index contributed by atoms with van der Waals surface area (Å²) in [6.07, 6.45) is -2.03. The van der Waals surface area contributed by atoms with E-state index in [1.54, 1.807) is 23.0 Å². The number of carbonyl (C=O) groups is 1. The molecule has 0 N–H and O–H groups in total. The van der Waals surface area contributed by atoms with E-state index in [4.69, 9.17) is 4.74 Å².